The molecule has 0 aromatic heterocycles. The predicted octanol–water partition coefficient (Wildman–Crippen LogP) is 4.95. The monoisotopic (exact) mass is 502 g/mol. The van der Waals surface area contributed by atoms with Crippen molar-refractivity contribution in [1.29, 1.82) is 0 Å². The molecule has 1 fully saturated rings. The van der Waals surface area contributed by atoms with Crippen molar-refractivity contribution in [3.63, 3.8) is 0 Å². The maximum atomic E-state index is 12.7. The zero-order valence-electron chi connectivity index (χ0n) is 16.8. The number of amides is 1. The van der Waals surface area contributed by atoms with Crippen LogP contribution in [0.5, 0.6) is 11.5 Å². The van der Waals surface area contributed by atoms with Crippen LogP contribution in [-0.4, -0.2) is 47.8 Å². The Morgan fingerprint density at radius 2 is 2.00 bits per heavy atom. The van der Waals surface area contributed by atoms with E-state index < -0.39 is 5.97 Å². The third kappa shape index (κ3) is 5.18. The normalized spacial score (nSPS) is 16.1. The fourth-order valence-electron chi connectivity index (χ4n) is 2.66. The van der Waals surface area contributed by atoms with Crippen molar-refractivity contribution in [3.05, 3.63) is 69.6 Å². The number of nitrogens with zero attached hydrogens (tertiary/aromatic N) is 2. The Labute approximate surface area is 192 Å². The number of aliphatic imine (C=N–C) groups is 1. The minimum absolute atomic E-state index is 0.173. The van der Waals surface area contributed by atoms with Crippen molar-refractivity contribution in [3.8, 4) is 11.5 Å². The zero-order chi connectivity index (χ0) is 22.5. The molecule has 0 atom stereocenters. The highest BCUT2D eigenvalue weighted by molar-refractivity contribution is 9.10. The summed E-state index contributed by atoms with van der Waals surface area (Å²) in [6.45, 7) is 3.98. The molecular formula is C22H19BrN2O5S. The molecule has 2 aromatic rings. The molecule has 0 unspecified atom stereocenters. The fraction of sp³-hybridized carbons (Fsp3) is 0.136. The van der Waals surface area contributed by atoms with Crippen molar-refractivity contribution in [1.82, 2.24) is 4.90 Å². The number of rotatable bonds is 7. The van der Waals surface area contributed by atoms with E-state index >= 15 is 0 Å². The third-order valence-corrected chi connectivity index (χ3v) is 6.02. The largest absolute Gasteiger partial charge is 0.493 e. The highest BCUT2D eigenvalue weighted by Gasteiger charge is 2.30. The summed E-state index contributed by atoms with van der Waals surface area (Å²) in [5, 5.41) is 9.50. The minimum atomic E-state index is -1.01. The summed E-state index contributed by atoms with van der Waals surface area (Å²) in [5.74, 6) is -0.100. The van der Waals surface area contributed by atoms with Gasteiger partial charge in [-0.3, -0.25) is 9.69 Å². The number of benzene rings is 2. The molecule has 7 nitrogen and oxygen atoms in total. The lowest BCUT2D eigenvalue weighted by atomic mass is 10.2. The topological polar surface area (TPSA) is 88.4 Å². The van der Waals surface area contributed by atoms with Gasteiger partial charge in [0.1, 0.15) is 6.61 Å². The van der Waals surface area contributed by atoms with Gasteiger partial charge in [-0.25, -0.2) is 9.79 Å². The molecule has 0 aliphatic carbocycles. The second kappa shape index (κ2) is 9.84. The van der Waals surface area contributed by atoms with Crippen LogP contribution in [0.15, 0.2) is 63.4 Å². The number of amidine groups is 1. The molecule has 160 valence electrons. The standard InChI is InChI=1S/C22H19BrN2O5S/c1-4-9-30-18-12-16(23)14(10-17(18)29-3)11-19-20(26)25(2)22(31-19)24-15-7-5-13(6-8-15)21(27)28/h4-8,10-12H,1,9H2,2-3H3,(H,27,28)/b19-11-,24-22?. The Kier molecular flexibility index (Phi) is 7.19. The van der Waals surface area contributed by atoms with Crippen LogP contribution in [0.1, 0.15) is 15.9 Å². The molecule has 31 heavy (non-hydrogen) atoms. The van der Waals surface area contributed by atoms with Gasteiger partial charge < -0.3 is 14.6 Å². The highest BCUT2D eigenvalue weighted by atomic mass is 79.9. The van der Waals surface area contributed by atoms with Gasteiger partial charge in [0.25, 0.3) is 5.91 Å². The van der Waals surface area contributed by atoms with Crippen LogP contribution in [-0.2, 0) is 4.79 Å². The Morgan fingerprint density at radius 1 is 1.29 bits per heavy atom. The average molecular weight is 503 g/mol. The van der Waals surface area contributed by atoms with E-state index in [0.717, 1.165) is 10.0 Å². The van der Waals surface area contributed by atoms with Gasteiger partial charge in [0.2, 0.25) is 0 Å². The number of ether oxygens (including phenoxy) is 2. The van der Waals surface area contributed by atoms with E-state index in [1.54, 1.807) is 50.6 Å². The maximum Gasteiger partial charge on any atom is 0.335 e. The minimum Gasteiger partial charge on any atom is -0.493 e. The number of carbonyl (C=O) groups excluding carboxylic acids is 1. The molecule has 1 heterocycles. The van der Waals surface area contributed by atoms with Crippen LogP contribution in [0.25, 0.3) is 6.08 Å². The summed E-state index contributed by atoms with van der Waals surface area (Å²) in [7, 11) is 3.19. The van der Waals surface area contributed by atoms with E-state index in [1.165, 1.54) is 28.8 Å². The number of carbonyl (C=O) groups is 2. The summed E-state index contributed by atoms with van der Waals surface area (Å²) in [4.78, 5) is 30.1. The Bertz CT molecular complexity index is 1100. The van der Waals surface area contributed by atoms with E-state index in [9.17, 15) is 9.59 Å². The van der Waals surface area contributed by atoms with E-state index in [0.29, 0.717) is 33.9 Å². The quantitative estimate of drug-likeness (QED) is 0.425. The van der Waals surface area contributed by atoms with E-state index in [2.05, 4.69) is 27.5 Å². The van der Waals surface area contributed by atoms with Gasteiger partial charge in [0, 0.05) is 11.5 Å². The van der Waals surface area contributed by atoms with Crippen LogP contribution in [0, 0.1) is 0 Å². The number of thioether (sulfide) groups is 1. The number of methoxy groups -OCH3 is 1. The summed E-state index contributed by atoms with van der Waals surface area (Å²) in [5.41, 5.74) is 1.48. The molecule has 1 aliphatic heterocycles. The van der Waals surface area contributed by atoms with Crippen LogP contribution in [0.2, 0.25) is 0 Å². The smallest absolute Gasteiger partial charge is 0.335 e. The molecule has 1 saturated heterocycles. The number of hydrogen-bond donors (Lipinski definition) is 1. The molecule has 1 N–H and O–H groups in total. The first-order chi connectivity index (χ1) is 14.8. The van der Waals surface area contributed by atoms with Crippen molar-refractivity contribution < 1.29 is 24.2 Å². The highest BCUT2D eigenvalue weighted by Crippen LogP contribution is 2.38. The van der Waals surface area contributed by atoms with Gasteiger partial charge in [-0.05, 0) is 59.8 Å². The lowest BCUT2D eigenvalue weighted by molar-refractivity contribution is -0.121. The van der Waals surface area contributed by atoms with Crippen molar-refractivity contribution in [2.75, 3.05) is 20.8 Å². The van der Waals surface area contributed by atoms with E-state index in [4.69, 9.17) is 14.6 Å². The first-order valence-electron chi connectivity index (χ1n) is 9.05. The summed E-state index contributed by atoms with van der Waals surface area (Å²) >= 11 is 4.75. The number of carboxylic acids is 1. The fourth-order valence-corrected chi connectivity index (χ4v) is 4.08. The number of aromatic carboxylic acids is 1. The summed E-state index contributed by atoms with van der Waals surface area (Å²) in [6.07, 6.45) is 3.40. The van der Waals surface area contributed by atoms with Gasteiger partial charge in [0.15, 0.2) is 16.7 Å². The predicted molar refractivity (Wildman–Crippen MR) is 125 cm³/mol. The van der Waals surface area contributed by atoms with Crippen LogP contribution >= 0.6 is 27.7 Å². The van der Waals surface area contributed by atoms with Crippen LogP contribution < -0.4 is 9.47 Å². The molecule has 3 rings (SSSR count). The molecule has 1 amide bonds. The van der Waals surface area contributed by atoms with Gasteiger partial charge in [0.05, 0.1) is 23.3 Å². The van der Waals surface area contributed by atoms with E-state index in [1.807, 2.05) is 0 Å². The number of halogens is 1. The van der Waals surface area contributed by atoms with Gasteiger partial charge >= 0.3 is 5.97 Å². The third-order valence-electron chi connectivity index (χ3n) is 4.27. The summed E-state index contributed by atoms with van der Waals surface area (Å²) in [6, 6.07) is 9.70. The molecule has 1 aliphatic rings. The molecule has 0 spiro atoms. The maximum absolute atomic E-state index is 12.7. The second-order valence-corrected chi connectivity index (χ2v) is 8.21. The number of hydrogen-bond acceptors (Lipinski definition) is 6. The Hall–Kier alpha value is -3.04. The van der Waals surface area contributed by atoms with Crippen LogP contribution in [0.3, 0.4) is 0 Å². The number of carboxylic acid groups (broad SMARTS) is 1. The molecule has 0 saturated carbocycles. The summed E-state index contributed by atoms with van der Waals surface area (Å²) < 4.78 is 11.7. The number of likely N-dealkylation sites (N-methyl/N-ethyl adjacent to an activating group) is 1. The lowest BCUT2D eigenvalue weighted by Crippen LogP contribution is -2.23. The molecule has 0 radical (unpaired) electrons. The lowest BCUT2D eigenvalue weighted by Gasteiger charge is -2.11. The Morgan fingerprint density at radius 3 is 2.61 bits per heavy atom. The first kappa shape index (κ1) is 22.6. The van der Waals surface area contributed by atoms with Crippen molar-refractivity contribution >= 4 is 56.5 Å². The van der Waals surface area contributed by atoms with E-state index in [-0.39, 0.29) is 11.5 Å². The zero-order valence-corrected chi connectivity index (χ0v) is 19.2. The van der Waals surface area contributed by atoms with Crippen molar-refractivity contribution in [2.24, 2.45) is 4.99 Å². The molecule has 0 bridgehead atoms. The molecular weight excluding hydrogens is 484 g/mol. The molecule has 9 heteroatoms. The van der Waals surface area contributed by atoms with Gasteiger partial charge in [-0.1, -0.05) is 28.6 Å². The van der Waals surface area contributed by atoms with Gasteiger partial charge in [-0.15, -0.1) is 0 Å². The van der Waals surface area contributed by atoms with Crippen LogP contribution in [0.4, 0.5) is 5.69 Å². The second-order valence-electron chi connectivity index (χ2n) is 6.35. The average Bonchev–Trinajstić information content (AvgIpc) is 3.01. The Balaban J connectivity index is 1.89. The first-order valence-corrected chi connectivity index (χ1v) is 10.7. The SMILES string of the molecule is C=CCOc1cc(Br)c(/C=C2\SC(=Nc3ccc(C(=O)O)cc3)N(C)C2=O)cc1OC. The molecule has 2 aromatic carbocycles. The van der Waals surface area contributed by atoms with Gasteiger partial charge in [-0.2, -0.15) is 0 Å². The van der Waals surface area contributed by atoms with Crippen molar-refractivity contribution in [2.45, 2.75) is 0 Å².